The summed E-state index contributed by atoms with van der Waals surface area (Å²) in [5, 5.41) is 1.71. The largest absolute Gasteiger partial charge is 0.0997 e. The van der Waals surface area contributed by atoms with Crippen molar-refractivity contribution in [1.29, 1.82) is 0 Å². The topological polar surface area (TPSA) is 0 Å². The summed E-state index contributed by atoms with van der Waals surface area (Å²) in [5.41, 5.74) is 3.34. The second-order valence-electron chi connectivity index (χ2n) is 8.61. The van der Waals surface area contributed by atoms with E-state index in [2.05, 4.69) is 30.3 Å². The Morgan fingerprint density at radius 3 is 1.92 bits per heavy atom. The van der Waals surface area contributed by atoms with E-state index in [-0.39, 0.29) is 7.92 Å². The highest BCUT2D eigenvalue weighted by Gasteiger charge is 2.36. The van der Waals surface area contributed by atoms with E-state index in [1.807, 2.05) is 0 Å². The van der Waals surface area contributed by atoms with Crippen molar-refractivity contribution in [3.63, 3.8) is 0 Å². The minimum Gasteiger partial charge on any atom is -0.0997 e. The summed E-state index contributed by atoms with van der Waals surface area (Å²) in [6.07, 6.45) is 21.7. The Kier molecular flexibility index (Phi) is 6.88. The maximum Gasteiger partial charge on any atom is -0.0129 e. The van der Waals surface area contributed by atoms with Gasteiger partial charge in [0.1, 0.15) is 0 Å². The minimum absolute atomic E-state index is 0.138. The number of hydrogen-bond donors (Lipinski definition) is 0. The molecule has 3 fully saturated rings. The van der Waals surface area contributed by atoms with Gasteiger partial charge < -0.3 is 0 Å². The molecular weight excluding hydrogens is 338 g/mol. The van der Waals surface area contributed by atoms with Crippen LogP contribution in [0.1, 0.15) is 77.0 Å². The number of hydrogen-bond acceptors (Lipinski definition) is 0. The smallest absolute Gasteiger partial charge is 0.0129 e. The van der Waals surface area contributed by atoms with Crippen LogP contribution in [0.2, 0.25) is 0 Å². The summed E-state index contributed by atoms with van der Waals surface area (Å²) in [6, 6.07) is 11.6. The average Bonchev–Trinajstić information content (AvgIpc) is 3.16. The molecule has 1 aliphatic heterocycles. The molecule has 2 atom stereocenters. The van der Waals surface area contributed by atoms with Gasteiger partial charge in [0.15, 0.2) is 0 Å². The zero-order valence-corrected chi connectivity index (χ0v) is 17.7. The van der Waals surface area contributed by atoms with Crippen LogP contribution in [0.3, 0.4) is 0 Å². The van der Waals surface area contributed by atoms with E-state index in [4.69, 9.17) is 0 Å². The lowest BCUT2D eigenvalue weighted by molar-refractivity contribution is 0.483. The summed E-state index contributed by atoms with van der Waals surface area (Å²) in [7, 11) is 0.429. The molecule has 2 saturated carbocycles. The van der Waals surface area contributed by atoms with E-state index in [0.717, 1.165) is 17.0 Å². The molecule has 2 heteroatoms. The second kappa shape index (κ2) is 9.33. The normalized spacial score (nSPS) is 29.3. The lowest BCUT2D eigenvalue weighted by Gasteiger charge is -2.40. The predicted octanol–water partition coefficient (Wildman–Crippen LogP) is 7.10. The van der Waals surface area contributed by atoms with Crippen molar-refractivity contribution in [3.05, 3.63) is 30.3 Å². The van der Waals surface area contributed by atoms with Crippen molar-refractivity contribution in [2.75, 3.05) is 12.3 Å². The first-order chi connectivity index (χ1) is 12.4. The molecule has 1 saturated heterocycles. The van der Waals surface area contributed by atoms with Crippen LogP contribution in [0.15, 0.2) is 30.3 Å². The van der Waals surface area contributed by atoms with Gasteiger partial charge in [-0.15, -0.1) is 0 Å². The predicted molar refractivity (Wildman–Crippen MR) is 116 cm³/mol. The van der Waals surface area contributed by atoms with Crippen LogP contribution in [0.5, 0.6) is 0 Å². The second-order valence-corrected chi connectivity index (χ2v) is 14.1. The molecule has 0 nitrogen and oxygen atoms in total. The highest BCUT2D eigenvalue weighted by Crippen LogP contribution is 2.61. The molecule has 1 unspecified atom stereocenters. The molecule has 1 heterocycles. The van der Waals surface area contributed by atoms with Gasteiger partial charge in [-0.3, -0.25) is 0 Å². The third kappa shape index (κ3) is 4.68. The summed E-state index contributed by atoms with van der Waals surface area (Å²) in [6.45, 7) is 0. The van der Waals surface area contributed by atoms with Crippen LogP contribution in [0.4, 0.5) is 0 Å². The van der Waals surface area contributed by atoms with Gasteiger partial charge in [-0.1, -0.05) is 84.7 Å². The Labute approximate surface area is 158 Å². The van der Waals surface area contributed by atoms with Gasteiger partial charge in [0.05, 0.1) is 0 Å². The molecule has 4 rings (SSSR count). The maximum atomic E-state index is 2.44. The lowest BCUT2D eigenvalue weighted by atomic mass is 9.99. The first-order valence-electron chi connectivity index (χ1n) is 11.0. The molecule has 1 aromatic rings. The molecule has 0 N–H and O–H groups in total. The average molecular weight is 374 g/mol. The monoisotopic (exact) mass is 374 g/mol. The Morgan fingerprint density at radius 2 is 1.32 bits per heavy atom. The fourth-order valence-corrected chi connectivity index (χ4v) is 13.5. The van der Waals surface area contributed by atoms with Crippen molar-refractivity contribution < 1.29 is 0 Å². The highest BCUT2D eigenvalue weighted by molar-refractivity contribution is 7.68. The van der Waals surface area contributed by atoms with Crippen molar-refractivity contribution >= 4 is 21.1 Å². The molecular formula is C23H36P2. The van der Waals surface area contributed by atoms with E-state index in [1.165, 1.54) is 51.1 Å². The van der Waals surface area contributed by atoms with Crippen molar-refractivity contribution in [1.82, 2.24) is 0 Å². The summed E-state index contributed by atoms with van der Waals surface area (Å²) < 4.78 is 0. The van der Waals surface area contributed by atoms with Gasteiger partial charge in [-0.05, 0) is 73.1 Å². The van der Waals surface area contributed by atoms with Gasteiger partial charge in [0, 0.05) is 0 Å². The van der Waals surface area contributed by atoms with Crippen molar-refractivity contribution in [2.45, 2.75) is 94.0 Å². The summed E-state index contributed by atoms with van der Waals surface area (Å²) in [5.74, 6) is 0. The quantitative estimate of drug-likeness (QED) is 0.482. The number of rotatable bonds is 5. The third-order valence-electron chi connectivity index (χ3n) is 6.97. The molecule has 138 valence electrons. The van der Waals surface area contributed by atoms with E-state index in [0.29, 0.717) is 7.92 Å². The van der Waals surface area contributed by atoms with Crippen LogP contribution in [-0.2, 0) is 0 Å². The molecule has 0 bridgehead atoms. The fourth-order valence-electron chi connectivity index (χ4n) is 5.65. The maximum absolute atomic E-state index is 2.44. The van der Waals surface area contributed by atoms with E-state index >= 15 is 0 Å². The standard InChI is InChI=1S/C23H36P2/c1-4-11-20(12-5-1)24-18-10-17-23(24)19-25(21-13-6-2-7-14-21)22-15-8-3-9-16-22/h1,4-5,11-12,21-23H,2-3,6-10,13-19H2/t23-,24?/m1/s1. The SMILES string of the molecule is c1ccc(P2CCC[C@@H]2CP(C2CCCCC2)C2CCCCC2)cc1. The summed E-state index contributed by atoms with van der Waals surface area (Å²) >= 11 is 0. The minimum atomic E-state index is 0.138. The van der Waals surface area contributed by atoms with Gasteiger partial charge in [0.2, 0.25) is 0 Å². The van der Waals surface area contributed by atoms with Crippen molar-refractivity contribution in [2.24, 2.45) is 0 Å². The van der Waals surface area contributed by atoms with Gasteiger partial charge in [0.25, 0.3) is 0 Å². The van der Waals surface area contributed by atoms with E-state index < -0.39 is 0 Å². The van der Waals surface area contributed by atoms with Crippen molar-refractivity contribution in [3.8, 4) is 0 Å². The molecule has 0 radical (unpaired) electrons. The molecule has 3 aliphatic rings. The van der Waals surface area contributed by atoms with Crippen LogP contribution in [0, 0.1) is 0 Å². The Balaban J connectivity index is 1.48. The molecule has 1 aromatic carbocycles. The zero-order valence-electron chi connectivity index (χ0n) is 15.9. The van der Waals surface area contributed by atoms with Crippen LogP contribution in [-0.4, -0.2) is 29.3 Å². The molecule has 2 aliphatic carbocycles. The van der Waals surface area contributed by atoms with Gasteiger partial charge in [-0.2, -0.15) is 0 Å². The molecule has 25 heavy (non-hydrogen) atoms. The van der Waals surface area contributed by atoms with Crippen LogP contribution < -0.4 is 5.30 Å². The lowest BCUT2D eigenvalue weighted by Crippen LogP contribution is -2.25. The number of benzene rings is 1. The highest BCUT2D eigenvalue weighted by atomic mass is 31.1. The third-order valence-corrected chi connectivity index (χ3v) is 14.1. The van der Waals surface area contributed by atoms with E-state index in [1.54, 1.807) is 43.6 Å². The fraction of sp³-hybridized carbons (Fsp3) is 0.739. The molecule has 0 amide bonds. The Morgan fingerprint density at radius 1 is 0.720 bits per heavy atom. The Hall–Kier alpha value is 0.0800. The van der Waals surface area contributed by atoms with E-state index in [9.17, 15) is 0 Å². The van der Waals surface area contributed by atoms with Crippen LogP contribution in [0.25, 0.3) is 0 Å². The molecule has 0 aromatic heterocycles. The zero-order chi connectivity index (χ0) is 16.9. The first kappa shape index (κ1) is 18.4. The van der Waals surface area contributed by atoms with Gasteiger partial charge in [-0.25, -0.2) is 0 Å². The molecule has 0 spiro atoms. The first-order valence-corrected chi connectivity index (χ1v) is 14.3. The Bertz CT molecular complexity index is 484. The summed E-state index contributed by atoms with van der Waals surface area (Å²) in [4.78, 5) is 0. The van der Waals surface area contributed by atoms with Crippen LogP contribution >= 0.6 is 15.8 Å². The van der Waals surface area contributed by atoms with Gasteiger partial charge >= 0.3 is 0 Å².